The summed E-state index contributed by atoms with van der Waals surface area (Å²) in [5, 5.41) is 12.7. The van der Waals surface area contributed by atoms with Gasteiger partial charge < -0.3 is 14.8 Å². The summed E-state index contributed by atoms with van der Waals surface area (Å²) < 4.78 is 11.1. The molecule has 2 aromatic rings. The van der Waals surface area contributed by atoms with Gasteiger partial charge in [0.15, 0.2) is 11.5 Å². The summed E-state index contributed by atoms with van der Waals surface area (Å²) in [5.74, 6) is 1.20. The number of amides is 1. The monoisotopic (exact) mass is 385 g/mol. The lowest BCUT2D eigenvalue weighted by molar-refractivity contribution is -0.113. The van der Waals surface area contributed by atoms with Crippen LogP contribution in [0.3, 0.4) is 0 Å². The summed E-state index contributed by atoms with van der Waals surface area (Å²) >= 11 is 1.25. The topological polar surface area (TPSA) is 84.2 Å². The van der Waals surface area contributed by atoms with E-state index >= 15 is 0 Å². The molecule has 0 radical (unpaired) electrons. The maximum atomic E-state index is 12.3. The number of anilines is 1. The summed E-state index contributed by atoms with van der Waals surface area (Å²) in [6.45, 7) is 8.57. The van der Waals surface area contributed by atoms with E-state index in [4.69, 9.17) is 9.47 Å². The van der Waals surface area contributed by atoms with Crippen LogP contribution < -0.4 is 14.8 Å². The number of hydrogen-bond donors (Lipinski definition) is 1. The van der Waals surface area contributed by atoms with Gasteiger partial charge in [-0.05, 0) is 51.5 Å². The van der Waals surface area contributed by atoms with E-state index < -0.39 is 0 Å². The highest BCUT2D eigenvalue weighted by molar-refractivity contribution is 8.00. The third-order valence-corrected chi connectivity index (χ3v) is 4.57. The molecule has 6 nitrogen and oxygen atoms in total. The molecule has 0 aliphatic heterocycles. The number of benzene rings is 1. The molecule has 0 bridgehead atoms. The molecule has 2 rings (SSSR count). The van der Waals surface area contributed by atoms with Crippen LogP contribution in [0.1, 0.15) is 30.7 Å². The maximum absolute atomic E-state index is 12.3. The third kappa shape index (κ3) is 5.63. The van der Waals surface area contributed by atoms with Gasteiger partial charge in [0.05, 0.1) is 24.5 Å². The van der Waals surface area contributed by atoms with Crippen molar-refractivity contribution < 1.29 is 14.3 Å². The average Bonchev–Trinajstić information content (AvgIpc) is 2.62. The quantitative estimate of drug-likeness (QED) is 0.689. The number of ether oxygens (including phenoxy) is 2. The Bertz CT molecular complexity index is 862. The van der Waals surface area contributed by atoms with Crippen molar-refractivity contribution in [3.8, 4) is 17.6 Å². The van der Waals surface area contributed by atoms with Gasteiger partial charge in [0.25, 0.3) is 0 Å². The predicted octanol–water partition coefficient (Wildman–Crippen LogP) is 4.10. The average molecular weight is 385 g/mol. The largest absolute Gasteiger partial charge is 0.490 e. The van der Waals surface area contributed by atoms with Crippen molar-refractivity contribution in [1.29, 1.82) is 5.26 Å². The zero-order valence-electron chi connectivity index (χ0n) is 16.0. The third-order valence-electron chi connectivity index (χ3n) is 3.59. The zero-order chi connectivity index (χ0) is 19.8. The minimum Gasteiger partial charge on any atom is -0.490 e. The standard InChI is InChI=1S/C20H23N3O3S/c1-5-25-17-8-7-15(10-18(17)26-6-2)23-19(24)12-27-20-16(11-21)13(3)9-14(4)22-20/h7-10H,5-6,12H2,1-4H3,(H,23,24). The minimum absolute atomic E-state index is 0.155. The fourth-order valence-corrected chi connectivity index (χ4v) is 3.40. The Morgan fingerprint density at radius 1 is 1.19 bits per heavy atom. The molecule has 27 heavy (non-hydrogen) atoms. The Hall–Kier alpha value is -2.72. The van der Waals surface area contributed by atoms with Crippen molar-refractivity contribution in [2.75, 3.05) is 24.3 Å². The van der Waals surface area contributed by atoms with Crippen molar-refractivity contribution in [2.24, 2.45) is 0 Å². The second-order valence-corrected chi connectivity index (χ2v) is 6.70. The van der Waals surface area contributed by atoms with E-state index in [1.165, 1.54) is 11.8 Å². The maximum Gasteiger partial charge on any atom is 0.234 e. The molecule has 0 saturated carbocycles. The van der Waals surface area contributed by atoms with Crippen molar-refractivity contribution in [3.05, 3.63) is 41.1 Å². The number of aryl methyl sites for hydroxylation is 2. The number of nitrogens with one attached hydrogen (secondary N) is 1. The van der Waals surface area contributed by atoms with Crippen LogP contribution in [0.5, 0.6) is 11.5 Å². The Morgan fingerprint density at radius 3 is 2.56 bits per heavy atom. The Morgan fingerprint density at radius 2 is 1.89 bits per heavy atom. The fraction of sp³-hybridized carbons (Fsp3) is 0.350. The van der Waals surface area contributed by atoms with Crippen LogP contribution in [0.4, 0.5) is 5.69 Å². The molecule has 0 fully saturated rings. The number of nitriles is 1. The van der Waals surface area contributed by atoms with Gasteiger partial charge in [-0.1, -0.05) is 11.8 Å². The first kappa shape index (κ1) is 20.6. The van der Waals surface area contributed by atoms with E-state index in [0.717, 1.165) is 11.3 Å². The lowest BCUT2D eigenvalue weighted by Crippen LogP contribution is -2.14. The first-order valence-electron chi connectivity index (χ1n) is 8.69. The second-order valence-electron chi connectivity index (χ2n) is 5.74. The molecule has 0 saturated heterocycles. The van der Waals surface area contributed by atoms with Crippen LogP contribution in [-0.4, -0.2) is 29.9 Å². The molecule has 0 unspecified atom stereocenters. The Kier molecular flexibility index (Phi) is 7.50. The summed E-state index contributed by atoms with van der Waals surface area (Å²) in [6, 6.07) is 9.30. The number of pyridine rings is 1. The Labute approximate surface area is 163 Å². The molecule has 1 aromatic heterocycles. The van der Waals surface area contributed by atoms with Crippen molar-refractivity contribution >= 4 is 23.4 Å². The van der Waals surface area contributed by atoms with Crippen LogP contribution in [0, 0.1) is 25.2 Å². The first-order valence-corrected chi connectivity index (χ1v) is 9.67. The van der Waals surface area contributed by atoms with Crippen LogP contribution in [0.2, 0.25) is 0 Å². The highest BCUT2D eigenvalue weighted by Crippen LogP contribution is 2.31. The van der Waals surface area contributed by atoms with Gasteiger partial charge in [-0.15, -0.1) is 0 Å². The molecule has 7 heteroatoms. The first-order chi connectivity index (χ1) is 13.0. The number of hydrogen-bond acceptors (Lipinski definition) is 6. The van der Waals surface area contributed by atoms with Crippen LogP contribution in [0.15, 0.2) is 29.3 Å². The summed E-state index contributed by atoms with van der Waals surface area (Å²) in [4.78, 5) is 16.7. The van der Waals surface area contributed by atoms with E-state index in [1.807, 2.05) is 33.8 Å². The van der Waals surface area contributed by atoms with Crippen molar-refractivity contribution in [2.45, 2.75) is 32.7 Å². The van der Waals surface area contributed by atoms with Gasteiger partial charge in [-0.2, -0.15) is 5.26 Å². The van der Waals surface area contributed by atoms with E-state index in [9.17, 15) is 10.1 Å². The summed E-state index contributed by atoms with van der Waals surface area (Å²) in [6.07, 6.45) is 0. The van der Waals surface area contributed by atoms with Gasteiger partial charge in [0, 0.05) is 17.4 Å². The molecule has 142 valence electrons. The lowest BCUT2D eigenvalue weighted by Gasteiger charge is -2.13. The zero-order valence-corrected chi connectivity index (χ0v) is 16.8. The number of nitrogens with zero attached hydrogens (tertiary/aromatic N) is 2. The highest BCUT2D eigenvalue weighted by Gasteiger charge is 2.13. The van der Waals surface area contributed by atoms with Gasteiger partial charge in [0.1, 0.15) is 11.1 Å². The van der Waals surface area contributed by atoms with Crippen LogP contribution in [-0.2, 0) is 4.79 Å². The normalized spacial score (nSPS) is 10.2. The molecule has 1 N–H and O–H groups in total. The number of aromatic nitrogens is 1. The molecular weight excluding hydrogens is 362 g/mol. The van der Waals surface area contributed by atoms with Crippen molar-refractivity contribution in [1.82, 2.24) is 4.98 Å². The molecule has 0 aliphatic rings. The van der Waals surface area contributed by atoms with E-state index in [-0.39, 0.29) is 11.7 Å². The summed E-state index contributed by atoms with van der Waals surface area (Å²) in [5.41, 5.74) is 2.82. The molecule has 1 amide bonds. The molecule has 1 aromatic carbocycles. The minimum atomic E-state index is -0.184. The number of carbonyl (C=O) groups is 1. The van der Waals surface area contributed by atoms with Gasteiger partial charge in [-0.3, -0.25) is 4.79 Å². The van der Waals surface area contributed by atoms with E-state index in [1.54, 1.807) is 18.2 Å². The number of thioether (sulfide) groups is 1. The highest BCUT2D eigenvalue weighted by atomic mass is 32.2. The predicted molar refractivity (Wildman–Crippen MR) is 107 cm³/mol. The molecule has 0 aliphatic carbocycles. The molecular formula is C20H23N3O3S. The fourth-order valence-electron chi connectivity index (χ4n) is 2.50. The lowest BCUT2D eigenvalue weighted by atomic mass is 10.1. The van der Waals surface area contributed by atoms with Gasteiger partial charge in [-0.25, -0.2) is 4.98 Å². The van der Waals surface area contributed by atoms with Crippen molar-refractivity contribution in [3.63, 3.8) is 0 Å². The van der Waals surface area contributed by atoms with Gasteiger partial charge in [0.2, 0.25) is 5.91 Å². The number of carbonyl (C=O) groups excluding carboxylic acids is 1. The number of rotatable bonds is 8. The van der Waals surface area contributed by atoms with E-state index in [0.29, 0.717) is 41.0 Å². The molecule has 0 spiro atoms. The summed E-state index contributed by atoms with van der Waals surface area (Å²) in [7, 11) is 0. The Balaban J connectivity index is 2.06. The van der Waals surface area contributed by atoms with Crippen LogP contribution >= 0.6 is 11.8 Å². The SMILES string of the molecule is CCOc1ccc(NC(=O)CSc2nc(C)cc(C)c2C#N)cc1OCC. The van der Waals surface area contributed by atoms with Gasteiger partial charge >= 0.3 is 0 Å². The second kappa shape index (κ2) is 9.83. The smallest absolute Gasteiger partial charge is 0.234 e. The molecule has 0 atom stereocenters. The molecule has 1 heterocycles. The van der Waals surface area contributed by atoms with E-state index in [2.05, 4.69) is 16.4 Å². The van der Waals surface area contributed by atoms with Crippen LogP contribution in [0.25, 0.3) is 0 Å².